The summed E-state index contributed by atoms with van der Waals surface area (Å²) < 4.78 is 0. The SMILES string of the molecule is N#CC(=O)CCc1ccc(Cl)cc1. The molecule has 0 fully saturated rings. The molecule has 0 aliphatic heterocycles. The van der Waals surface area contributed by atoms with Crippen molar-refractivity contribution in [3.8, 4) is 6.07 Å². The number of nitriles is 1. The van der Waals surface area contributed by atoms with Crippen LogP contribution in [0.1, 0.15) is 12.0 Å². The molecule has 0 radical (unpaired) electrons. The average Bonchev–Trinajstić information content (AvgIpc) is 2.16. The minimum Gasteiger partial charge on any atom is -0.283 e. The fraction of sp³-hybridized carbons (Fsp3) is 0.200. The number of carbonyl (C=O) groups excluding carboxylic acids is 1. The molecule has 0 aromatic heterocycles. The summed E-state index contributed by atoms with van der Waals surface area (Å²) >= 11 is 5.68. The van der Waals surface area contributed by atoms with Crippen LogP contribution in [0.5, 0.6) is 0 Å². The minimum absolute atomic E-state index is 0.276. The van der Waals surface area contributed by atoms with Gasteiger partial charge in [-0.05, 0) is 24.1 Å². The number of ketones is 1. The lowest BCUT2D eigenvalue weighted by Gasteiger charge is -1.97. The number of nitrogens with zero attached hydrogens (tertiary/aromatic N) is 1. The van der Waals surface area contributed by atoms with E-state index in [0.29, 0.717) is 11.4 Å². The molecule has 13 heavy (non-hydrogen) atoms. The van der Waals surface area contributed by atoms with Crippen LogP contribution in [0.4, 0.5) is 0 Å². The van der Waals surface area contributed by atoms with Crippen molar-refractivity contribution in [2.24, 2.45) is 0 Å². The van der Waals surface area contributed by atoms with Gasteiger partial charge in [-0.25, -0.2) is 0 Å². The molecule has 0 aliphatic carbocycles. The van der Waals surface area contributed by atoms with Crippen molar-refractivity contribution >= 4 is 17.4 Å². The zero-order chi connectivity index (χ0) is 9.68. The van der Waals surface area contributed by atoms with E-state index in [2.05, 4.69) is 0 Å². The van der Waals surface area contributed by atoms with Gasteiger partial charge in [0.1, 0.15) is 6.07 Å². The second kappa shape index (κ2) is 4.64. The maximum Gasteiger partial charge on any atom is 0.232 e. The lowest BCUT2D eigenvalue weighted by atomic mass is 10.1. The van der Waals surface area contributed by atoms with E-state index in [1.165, 1.54) is 0 Å². The molecule has 66 valence electrons. The zero-order valence-electron chi connectivity index (χ0n) is 6.96. The summed E-state index contributed by atoms with van der Waals surface area (Å²) in [6.07, 6.45) is 0.877. The fourth-order valence-electron chi connectivity index (χ4n) is 0.965. The van der Waals surface area contributed by atoms with Crippen LogP contribution >= 0.6 is 11.6 Å². The van der Waals surface area contributed by atoms with Gasteiger partial charge in [-0.15, -0.1) is 0 Å². The Morgan fingerprint density at radius 2 is 2.00 bits per heavy atom. The number of rotatable bonds is 3. The van der Waals surface area contributed by atoms with Gasteiger partial charge in [0, 0.05) is 11.4 Å². The smallest absolute Gasteiger partial charge is 0.232 e. The molecule has 2 nitrogen and oxygen atoms in total. The van der Waals surface area contributed by atoms with Gasteiger partial charge < -0.3 is 0 Å². The van der Waals surface area contributed by atoms with Gasteiger partial charge >= 0.3 is 0 Å². The van der Waals surface area contributed by atoms with Gasteiger partial charge in [-0.1, -0.05) is 23.7 Å². The maximum atomic E-state index is 10.7. The van der Waals surface area contributed by atoms with E-state index in [9.17, 15) is 4.79 Å². The summed E-state index contributed by atoms with van der Waals surface area (Å²) in [6, 6.07) is 8.83. The molecule has 1 aromatic carbocycles. The summed E-state index contributed by atoms with van der Waals surface area (Å²) in [5.74, 6) is -0.380. The van der Waals surface area contributed by atoms with Crippen molar-refractivity contribution in [1.29, 1.82) is 5.26 Å². The van der Waals surface area contributed by atoms with Crippen molar-refractivity contribution in [2.75, 3.05) is 0 Å². The molecule has 0 heterocycles. The Hall–Kier alpha value is -1.33. The van der Waals surface area contributed by atoms with Gasteiger partial charge in [0.25, 0.3) is 0 Å². The first-order chi connectivity index (χ1) is 6.22. The molecule has 0 amide bonds. The molecular formula is C10H8ClNO. The Bertz CT molecular complexity index is 337. The number of aryl methyl sites for hydroxylation is 1. The second-order valence-electron chi connectivity index (χ2n) is 2.66. The number of hydrogen-bond acceptors (Lipinski definition) is 2. The summed E-state index contributed by atoms with van der Waals surface area (Å²) in [7, 11) is 0. The highest BCUT2D eigenvalue weighted by molar-refractivity contribution is 6.30. The quantitative estimate of drug-likeness (QED) is 0.692. The summed E-state index contributed by atoms with van der Waals surface area (Å²) in [5, 5.41) is 8.91. The van der Waals surface area contributed by atoms with Crippen LogP contribution < -0.4 is 0 Å². The molecule has 0 saturated carbocycles. The molecule has 1 rings (SSSR count). The molecule has 0 spiro atoms. The molecule has 0 unspecified atom stereocenters. The molecule has 1 aromatic rings. The highest BCUT2D eigenvalue weighted by Gasteiger charge is 1.99. The number of hydrogen-bond donors (Lipinski definition) is 0. The van der Waals surface area contributed by atoms with Crippen LogP contribution in [0.3, 0.4) is 0 Å². The van der Waals surface area contributed by atoms with Crippen molar-refractivity contribution in [2.45, 2.75) is 12.8 Å². The molecule has 0 aliphatic rings. The third kappa shape index (κ3) is 3.27. The summed E-state index contributed by atoms with van der Waals surface area (Å²) in [4.78, 5) is 10.7. The molecule has 0 N–H and O–H groups in total. The lowest BCUT2D eigenvalue weighted by Crippen LogP contribution is -1.95. The average molecular weight is 194 g/mol. The molecule has 0 bridgehead atoms. The van der Waals surface area contributed by atoms with E-state index in [1.54, 1.807) is 18.2 Å². The minimum atomic E-state index is -0.380. The third-order valence-corrected chi connectivity index (χ3v) is 1.93. The largest absolute Gasteiger partial charge is 0.283 e. The van der Waals surface area contributed by atoms with Crippen LogP contribution in [-0.2, 0) is 11.2 Å². The fourth-order valence-corrected chi connectivity index (χ4v) is 1.09. The molecule has 0 atom stereocenters. The van der Waals surface area contributed by atoms with E-state index >= 15 is 0 Å². The summed E-state index contributed by atoms with van der Waals surface area (Å²) in [5.41, 5.74) is 1.02. The Kier molecular flexibility index (Phi) is 3.48. The van der Waals surface area contributed by atoms with Crippen LogP contribution in [0.15, 0.2) is 24.3 Å². The monoisotopic (exact) mass is 193 g/mol. The lowest BCUT2D eigenvalue weighted by molar-refractivity contribution is -0.113. The number of benzene rings is 1. The van der Waals surface area contributed by atoms with Gasteiger partial charge in [-0.2, -0.15) is 5.26 Å². The Balaban J connectivity index is 2.52. The van der Waals surface area contributed by atoms with Crippen LogP contribution in [0.25, 0.3) is 0 Å². The molecular weight excluding hydrogens is 186 g/mol. The Morgan fingerprint density at radius 1 is 1.38 bits per heavy atom. The molecule has 0 saturated heterocycles. The van der Waals surface area contributed by atoms with Crippen LogP contribution in [-0.4, -0.2) is 5.78 Å². The highest BCUT2D eigenvalue weighted by atomic mass is 35.5. The number of Topliss-reactive ketones (excluding diaryl/α,β-unsaturated/α-hetero) is 1. The highest BCUT2D eigenvalue weighted by Crippen LogP contribution is 2.10. The molecule has 3 heteroatoms. The number of carbonyl (C=O) groups is 1. The van der Waals surface area contributed by atoms with Gasteiger partial charge in [-0.3, -0.25) is 4.79 Å². The van der Waals surface area contributed by atoms with Crippen molar-refractivity contribution in [1.82, 2.24) is 0 Å². The third-order valence-electron chi connectivity index (χ3n) is 1.68. The first-order valence-corrected chi connectivity index (χ1v) is 4.27. The van der Waals surface area contributed by atoms with Gasteiger partial charge in [0.05, 0.1) is 0 Å². The maximum absolute atomic E-state index is 10.7. The Morgan fingerprint density at radius 3 is 2.54 bits per heavy atom. The van der Waals surface area contributed by atoms with Crippen LogP contribution in [0.2, 0.25) is 5.02 Å². The van der Waals surface area contributed by atoms with E-state index < -0.39 is 0 Å². The van der Waals surface area contributed by atoms with Crippen molar-refractivity contribution < 1.29 is 4.79 Å². The predicted octanol–water partition coefficient (Wildman–Crippen LogP) is 2.37. The topological polar surface area (TPSA) is 40.9 Å². The zero-order valence-corrected chi connectivity index (χ0v) is 7.71. The predicted molar refractivity (Wildman–Crippen MR) is 50.4 cm³/mol. The Labute approximate surface area is 81.7 Å². The first kappa shape index (κ1) is 9.76. The van der Waals surface area contributed by atoms with Crippen molar-refractivity contribution in [3.05, 3.63) is 34.9 Å². The number of halogens is 1. The van der Waals surface area contributed by atoms with E-state index in [1.807, 2.05) is 12.1 Å². The second-order valence-corrected chi connectivity index (χ2v) is 3.10. The normalized spacial score (nSPS) is 9.23. The first-order valence-electron chi connectivity index (χ1n) is 3.90. The van der Waals surface area contributed by atoms with Crippen molar-refractivity contribution in [3.63, 3.8) is 0 Å². The van der Waals surface area contributed by atoms with Gasteiger partial charge in [0.2, 0.25) is 5.78 Å². The standard InChI is InChI=1S/C10H8ClNO/c11-9-4-1-8(2-5-9)3-6-10(13)7-12/h1-2,4-5H,3,6H2. The van der Waals surface area contributed by atoms with E-state index in [0.717, 1.165) is 5.56 Å². The van der Waals surface area contributed by atoms with E-state index in [-0.39, 0.29) is 12.2 Å². The van der Waals surface area contributed by atoms with Gasteiger partial charge in [0.15, 0.2) is 0 Å². The van der Waals surface area contributed by atoms with E-state index in [4.69, 9.17) is 16.9 Å². The summed E-state index contributed by atoms with van der Waals surface area (Å²) in [6.45, 7) is 0. The van der Waals surface area contributed by atoms with Crippen LogP contribution in [0, 0.1) is 11.3 Å².